The Morgan fingerprint density at radius 1 is 1.16 bits per heavy atom. The number of nitrogens with zero attached hydrogens (tertiary/aromatic N) is 4. The second kappa shape index (κ2) is 8.69. The Hall–Kier alpha value is -3.29. The first-order chi connectivity index (χ1) is 15.5. The number of carbonyl (C=O) groups is 1. The minimum absolute atomic E-state index is 0.402. The molecule has 4 aromatic rings. The molecule has 2 radical (unpaired) electrons. The smallest absolute Gasteiger partial charge is 0.338 e. The Balaban J connectivity index is 0.00000119. The standard InChI is InChI=1S/C22H21BN4O3.C2H6/c1-26-19-15(8-14(22(28)30-3)10-17(19)29-2)24-21(26)16-9-13-6-7-18(23)25-20(13)27(16)11-12-4-5-12;1-2/h6-10,12H,4-5,11H2,1-3H3;1-2H3. The van der Waals surface area contributed by atoms with Gasteiger partial charge in [0.15, 0.2) is 5.82 Å². The molecule has 0 unspecified atom stereocenters. The Morgan fingerprint density at radius 3 is 2.56 bits per heavy atom. The highest BCUT2D eigenvalue weighted by Gasteiger charge is 2.26. The molecule has 1 aliphatic carbocycles. The third kappa shape index (κ3) is 3.74. The van der Waals surface area contributed by atoms with Gasteiger partial charge in [0.1, 0.15) is 24.8 Å². The highest BCUT2D eigenvalue weighted by molar-refractivity contribution is 6.31. The molecular formula is C24H27BN4O3. The number of hydrogen-bond donors (Lipinski definition) is 0. The van der Waals surface area contributed by atoms with Gasteiger partial charge in [-0.05, 0) is 42.6 Å². The van der Waals surface area contributed by atoms with Gasteiger partial charge in [-0.25, -0.2) is 14.8 Å². The maximum absolute atomic E-state index is 12.1. The van der Waals surface area contributed by atoms with Crippen LogP contribution in [0.2, 0.25) is 0 Å². The monoisotopic (exact) mass is 430 g/mol. The maximum atomic E-state index is 12.1. The first kappa shape index (κ1) is 21.9. The molecule has 1 saturated carbocycles. The van der Waals surface area contributed by atoms with Crippen molar-refractivity contribution in [1.82, 2.24) is 19.1 Å². The quantitative estimate of drug-likeness (QED) is 0.357. The van der Waals surface area contributed by atoms with Gasteiger partial charge in [0.25, 0.3) is 0 Å². The van der Waals surface area contributed by atoms with E-state index in [1.807, 2.05) is 37.6 Å². The van der Waals surface area contributed by atoms with Crippen LogP contribution in [-0.2, 0) is 18.3 Å². The molecule has 3 heterocycles. The van der Waals surface area contributed by atoms with E-state index < -0.39 is 5.97 Å². The van der Waals surface area contributed by atoms with Gasteiger partial charge in [-0.15, -0.1) is 0 Å². The molecule has 1 fully saturated rings. The number of fused-ring (bicyclic) bond motifs is 2. The van der Waals surface area contributed by atoms with Crippen molar-refractivity contribution in [1.29, 1.82) is 0 Å². The summed E-state index contributed by atoms with van der Waals surface area (Å²) in [5.74, 6) is 1.58. The van der Waals surface area contributed by atoms with Crippen molar-refractivity contribution in [3.63, 3.8) is 0 Å². The first-order valence-electron chi connectivity index (χ1n) is 10.9. The van der Waals surface area contributed by atoms with E-state index in [0.29, 0.717) is 28.3 Å². The molecule has 0 atom stereocenters. The van der Waals surface area contributed by atoms with Crippen molar-refractivity contribution >= 4 is 41.5 Å². The van der Waals surface area contributed by atoms with Gasteiger partial charge >= 0.3 is 5.97 Å². The summed E-state index contributed by atoms with van der Waals surface area (Å²) in [6.07, 6.45) is 2.45. The Kier molecular flexibility index (Phi) is 5.95. The lowest BCUT2D eigenvalue weighted by Gasteiger charge is -2.11. The molecule has 0 saturated heterocycles. The number of pyridine rings is 1. The van der Waals surface area contributed by atoms with E-state index in [-0.39, 0.29) is 0 Å². The lowest BCUT2D eigenvalue weighted by molar-refractivity contribution is 0.0600. The first-order valence-corrected chi connectivity index (χ1v) is 10.9. The SMILES string of the molecule is CC.[B]c1ccc2cc(-c3nc4cc(C(=O)OC)cc(OC)c4n3C)n(CC3CC3)c2n1. The second-order valence-electron chi connectivity index (χ2n) is 7.76. The Labute approximate surface area is 188 Å². The average molecular weight is 430 g/mol. The average Bonchev–Trinajstić information content (AvgIpc) is 3.49. The molecule has 0 aliphatic heterocycles. The van der Waals surface area contributed by atoms with Crippen LogP contribution in [-0.4, -0.2) is 47.1 Å². The van der Waals surface area contributed by atoms with Crippen LogP contribution in [0.15, 0.2) is 30.3 Å². The van der Waals surface area contributed by atoms with E-state index in [9.17, 15) is 4.79 Å². The van der Waals surface area contributed by atoms with Crippen LogP contribution < -0.4 is 10.3 Å². The Morgan fingerprint density at radius 2 is 1.91 bits per heavy atom. The number of methoxy groups -OCH3 is 2. The number of esters is 1. The number of aryl methyl sites for hydroxylation is 1. The summed E-state index contributed by atoms with van der Waals surface area (Å²) in [6.45, 7) is 4.88. The number of hydrogen-bond acceptors (Lipinski definition) is 5. The highest BCUT2D eigenvalue weighted by Crippen LogP contribution is 2.37. The molecule has 0 spiro atoms. The molecular weight excluding hydrogens is 403 g/mol. The molecule has 7 nitrogen and oxygen atoms in total. The van der Waals surface area contributed by atoms with E-state index in [2.05, 4.69) is 15.6 Å². The summed E-state index contributed by atoms with van der Waals surface area (Å²) >= 11 is 0. The fourth-order valence-corrected chi connectivity index (χ4v) is 4.00. The van der Waals surface area contributed by atoms with Crippen molar-refractivity contribution < 1.29 is 14.3 Å². The fourth-order valence-electron chi connectivity index (χ4n) is 4.00. The lowest BCUT2D eigenvalue weighted by Crippen LogP contribution is -2.11. The van der Waals surface area contributed by atoms with E-state index >= 15 is 0 Å². The number of imidazole rings is 1. The van der Waals surface area contributed by atoms with Crippen LogP contribution in [0.5, 0.6) is 5.75 Å². The van der Waals surface area contributed by atoms with Crippen LogP contribution in [0.3, 0.4) is 0 Å². The number of rotatable bonds is 5. The molecule has 164 valence electrons. The predicted octanol–water partition coefficient (Wildman–Crippen LogP) is 3.62. The molecule has 0 N–H and O–H groups in total. The van der Waals surface area contributed by atoms with Crippen LogP contribution in [0.25, 0.3) is 33.6 Å². The van der Waals surface area contributed by atoms with Crippen molar-refractivity contribution in [2.24, 2.45) is 13.0 Å². The largest absolute Gasteiger partial charge is 0.494 e. The fraction of sp³-hybridized carbons (Fsp3) is 0.375. The number of carbonyl (C=O) groups excluding carboxylic acids is 1. The minimum Gasteiger partial charge on any atom is -0.494 e. The number of ether oxygens (including phenoxy) is 2. The minimum atomic E-state index is -0.426. The molecule has 1 aliphatic rings. The summed E-state index contributed by atoms with van der Waals surface area (Å²) in [4.78, 5) is 21.5. The summed E-state index contributed by atoms with van der Waals surface area (Å²) in [5.41, 5.74) is 4.22. The topological polar surface area (TPSA) is 71.2 Å². The normalized spacial score (nSPS) is 13.2. The molecule has 0 bridgehead atoms. The van der Waals surface area contributed by atoms with Crippen molar-refractivity contribution in [3.05, 3.63) is 35.9 Å². The van der Waals surface area contributed by atoms with Gasteiger partial charge < -0.3 is 18.6 Å². The van der Waals surface area contributed by atoms with Crippen LogP contribution in [0.1, 0.15) is 37.0 Å². The summed E-state index contributed by atoms with van der Waals surface area (Å²) < 4.78 is 14.6. The lowest BCUT2D eigenvalue weighted by atomic mass is 10.0. The zero-order valence-electron chi connectivity index (χ0n) is 19.2. The Bertz CT molecular complexity index is 1300. The van der Waals surface area contributed by atoms with Gasteiger partial charge in [0, 0.05) is 19.0 Å². The van der Waals surface area contributed by atoms with Gasteiger partial charge in [-0.3, -0.25) is 0 Å². The van der Waals surface area contributed by atoms with Crippen LogP contribution in [0, 0.1) is 5.92 Å². The van der Waals surface area contributed by atoms with Crippen molar-refractivity contribution in [2.45, 2.75) is 33.2 Å². The van der Waals surface area contributed by atoms with Gasteiger partial charge in [-0.2, -0.15) is 0 Å². The van der Waals surface area contributed by atoms with Crippen LogP contribution in [0.4, 0.5) is 0 Å². The number of benzene rings is 1. The third-order valence-electron chi connectivity index (χ3n) is 5.71. The zero-order valence-corrected chi connectivity index (χ0v) is 19.2. The molecule has 5 rings (SSSR count). The second-order valence-corrected chi connectivity index (χ2v) is 7.76. The molecule has 32 heavy (non-hydrogen) atoms. The van der Waals surface area contributed by atoms with Crippen molar-refractivity contribution in [3.8, 4) is 17.3 Å². The predicted molar refractivity (Wildman–Crippen MR) is 127 cm³/mol. The molecule has 0 amide bonds. The van der Waals surface area contributed by atoms with E-state index in [4.69, 9.17) is 22.3 Å². The van der Waals surface area contributed by atoms with Crippen LogP contribution >= 0.6 is 0 Å². The van der Waals surface area contributed by atoms with Gasteiger partial charge in [-0.1, -0.05) is 26.0 Å². The molecule has 1 aromatic carbocycles. The van der Waals surface area contributed by atoms with E-state index in [1.165, 1.54) is 20.0 Å². The summed E-state index contributed by atoms with van der Waals surface area (Å²) in [7, 11) is 10.9. The van der Waals surface area contributed by atoms with E-state index in [1.54, 1.807) is 19.2 Å². The number of aromatic nitrogens is 4. The zero-order chi connectivity index (χ0) is 23.0. The third-order valence-corrected chi connectivity index (χ3v) is 5.71. The summed E-state index contributed by atoms with van der Waals surface area (Å²) in [5, 5.41) is 1.02. The summed E-state index contributed by atoms with van der Waals surface area (Å²) in [6, 6.07) is 9.31. The van der Waals surface area contributed by atoms with Gasteiger partial charge in [0.2, 0.25) is 0 Å². The highest BCUT2D eigenvalue weighted by atomic mass is 16.5. The van der Waals surface area contributed by atoms with E-state index in [0.717, 1.165) is 34.6 Å². The van der Waals surface area contributed by atoms with Crippen molar-refractivity contribution in [2.75, 3.05) is 14.2 Å². The maximum Gasteiger partial charge on any atom is 0.338 e. The van der Waals surface area contributed by atoms with Gasteiger partial charge in [0.05, 0.1) is 31.0 Å². The molecule has 8 heteroatoms. The molecule has 3 aromatic heterocycles.